The minimum absolute atomic E-state index is 0.249. The summed E-state index contributed by atoms with van der Waals surface area (Å²) >= 11 is 0. The number of rotatable bonds is 11. The van der Waals surface area contributed by atoms with Crippen molar-refractivity contribution in [3.8, 4) is 11.5 Å². The van der Waals surface area contributed by atoms with Crippen LogP contribution >= 0.6 is 0 Å². The third-order valence-corrected chi connectivity index (χ3v) is 5.81. The lowest BCUT2D eigenvalue weighted by atomic mass is 9.93. The predicted molar refractivity (Wildman–Crippen MR) is 146 cm³/mol. The minimum atomic E-state index is 0.249. The summed E-state index contributed by atoms with van der Waals surface area (Å²) in [5.41, 5.74) is 5.94. The Kier molecular flexibility index (Phi) is 10.3. The molecule has 2 N–H and O–H groups in total. The molecule has 0 atom stereocenters. The van der Waals surface area contributed by atoms with Gasteiger partial charge in [-0.3, -0.25) is 9.98 Å². The molecule has 2 aromatic carbocycles. The van der Waals surface area contributed by atoms with Gasteiger partial charge in [0.25, 0.3) is 0 Å². The van der Waals surface area contributed by atoms with E-state index in [4.69, 9.17) is 0 Å². The second-order valence-electron chi connectivity index (χ2n) is 10.8. The van der Waals surface area contributed by atoms with Crippen molar-refractivity contribution in [1.82, 2.24) is 0 Å². The maximum absolute atomic E-state index is 10.7. The summed E-state index contributed by atoms with van der Waals surface area (Å²) in [5, 5.41) is 21.4. The Labute approximate surface area is 206 Å². The van der Waals surface area contributed by atoms with Gasteiger partial charge < -0.3 is 10.2 Å². The molecule has 2 aromatic rings. The lowest BCUT2D eigenvalue weighted by Crippen LogP contribution is -2.01. The van der Waals surface area contributed by atoms with E-state index in [0.29, 0.717) is 36.4 Å². The van der Waals surface area contributed by atoms with E-state index in [0.717, 1.165) is 35.1 Å². The van der Waals surface area contributed by atoms with Gasteiger partial charge in [-0.05, 0) is 70.9 Å². The van der Waals surface area contributed by atoms with Gasteiger partial charge in [0.15, 0.2) is 0 Å². The van der Waals surface area contributed by atoms with Gasteiger partial charge in [-0.1, -0.05) is 67.5 Å². The first-order chi connectivity index (χ1) is 16.0. The van der Waals surface area contributed by atoms with E-state index in [-0.39, 0.29) is 11.8 Å². The van der Waals surface area contributed by atoms with E-state index in [9.17, 15) is 10.2 Å². The highest BCUT2D eigenvalue weighted by Gasteiger charge is 2.14. The van der Waals surface area contributed by atoms with Gasteiger partial charge in [0.2, 0.25) is 0 Å². The van der Waals surface area contributed by atoms with Crippen LogP contribution in [0.4, 0.5) is 0 Å². The van der Waals surface area contributed by atoms with Crippen molar-refractivity contribution < 1.29 is 10.2 Å². The lowest BCUT2D eigenvalue weighted by molar-refractivity contribution is 0.462. The standard InChI is InChI=1S/C30H44N2O2/c1-19(2)11-23-13-25(29(33)27(15-23)21(5)6)17-31-9-10-32-18-26-14-24(12-20(3)4)16-28(22(7)8)30(26)34/h13-22,33-34H,9-12H2,1-8H3. The first-order valence-corrected chi connectivity index (χ1v) is 12.7. The Balaban J connectivity index is 2.13. The molecule has 0 spiro atoms. The SMILES string of the molecule is CC(C)Cc1cc(C=NCCN=Cc2cc(CC(C)C)cc(C(C)C)c2O)c(O)c(C(C)C)c1. The molecule has 0 aliphatic heterocycles. The second kappa shape index (κ2) is 12.7. The number of benzene rings is 2. The monoisotopic (exact) mass is 464 g/mol. The Hall–Kier alpha value is -2.62. The van der Waals surface area contributed by atoms with Crippen LogP contribution in [0.3, 0.4) is 0 Å². The van der Waals surface area contributed by atoms with E-state index in [2.05, 4.69) is 77.5 Å². The highest BCUT2D eigenvalue weighted by atomic mass is 16.3. The van der Waals surface area contributed by atoms with Crippen molar-refractivity contribution in [3.63, 3.8) is 0 Å². The summed E-state index contributed by atoms with van der Waals surface area (Å²) < 4.78 is 0. The Bertz CT molecular complexity index is 920. The number of aromatic hydroxyl groups is 2. The maximum atomic E-state index is 10.7. The van der Waals surface area contributed by atoms with Crippen molar-refractivity contribution in [2.24, 2.45) is 21.8 Å². The zero-order chi connectivity index (χ0) is 25.4. The van der Waals surface area contributed by atoms with Crippen molar-refractivity contribution in [1.29, 1.82) is 0 Å². The van der Waals surface area contributed by atoms with E-state index in [1.807, 2.05) is 12.1 Å². The smallest absolute Gasteiger partial charge is 0.127 e. The van der Waals surface area contributed by atoms with Crippen LogP contribution in [0.2, 0.25) is 0 Å². The molecule has 0 amide bonds. The number of hydrogen-bond acceptors (Lipinski definition) is 4. The largest absolute Gasteiger partial charge is 0.507 e. The van der Waals surface area contributed by atoms with Gasteiger partial charge in [0.1, 0.15) is 11.5 Å². The summed E-state index contributed by atoms with van der Waals surface area (Å²) in [6.07, 6.45) is 5.47. The molecule has 0 aliphatic carbocycles. The summed E-state index contributed by atoms with van der Waals surface area (Å²) in [6.45, 7) is 18.2. The number of phenols is 2. The van der Waals surface area contributed by atoms with E-state index in [1.165, 1.54) is 11.1 Å². The van der Waals surface area contributed by atoms with Gasteiger partial charge in [0.05, 0.1) is 13.1 Å². The molecule has 0 saturated carbocycles. The Morgan fingerprint density at radius 3 is 1.26 bits per heavy atom. The summed E-state index contributed by atoms with van der Waals surface area (Å²) in [5.74, 6) is 2.24. The van der Waals surface area contributed by atoms with Crippen molar-refractivity contribution in [3.05, 3.63) is 57.6 Å². The number of phenolic OH excluding ortho intramolecular Hbond substituents is 2. The molecule has 0 aromatic heterocycles. The average Bonchev–Trinajstić information content (AvgIpc) is 2.73. The lowest BCUT2D eigenvalue weighted by Gasteiger charge is -2.15. The van der Waals surface area contributed by atoms with Gasteiger partial charge >= 0.3 is 0 Å². The number of aliphatic imine (C=N–C) groups is 2. The quantitative estimate of drug-likeness (QED) is 0.271. The van der Waals surface area contributed by atoms with Crippen LogP contribution in [0.5, 0.6) is 11.5 Å². The summed E-state index contributed by atoms with van der Waals surface area (Å²) in [6, 6.07) is 8.32. The van der Waals surface area contributed by atoms with Crippen LogP contribution in [0.1, 0.15) is 101 Å². The van der Waals surface area contributed by atoms with E-state index < -0.39 is 0 Å². The Morgan fingerprint density at radius 2 is 0.971 bits per heavy atom. The fraction of sp³-hybridized carbons (Fsp3) is 0.533. The first kappa shape index (κ1) is 27.6. The summed E-state index contributed by atoms with van der Waals surface area (Å²) in [4.78, 5) is 9.04. The molecule has 0 bridgehead atoms. The molecule has 186 valence electrons. The highest BCUT2D eigenvalue weighted by Crippen LogP contribution is 2.32. The molecule has 0 radical (unpaired) electrons. The van der Waals surface area contributed by atoms with Crippen LogP contribution in [-0.4, -0.2) is 35.7 Å². The molecular weight excluding hydrogens is 420 g/mol. The zero-order valence-electron chi connectivity index (χ0n) is 22.4. The third kappa shape index (κ3) is 8.00. The fourth-order valence-corrected chi connectivity index (χ4v) is 4.19. The highest BCUT2D eigenvalue weighted by molar-refractivity contribution is 5.85. The fourth-order valence-electron chi connectivity index (χ4n) is 4.19. The molecular formula is C30H44N2O2. The second-order valence-corrected chi connectivity index (χ2v) is 10.8. The van der Waals surface area contributed by atoms with Crippen molar-refractivity contribution in [2.75, 3.05) is 13.1 Å². The molecule has 0 unspecified atom stereocenters. The molecule has 2 rings (SSSR count). The van der Waals surface area contributed by atoms with Crippen molar-refractivity contribution >= 4 is 12.4 Å². The van der Waals surface area contributed by atoms with Gasteiger partial charge in [-0.2, -0.15) is 0 Å². The molecule has 0 saturated heterocycles. The zero-order valence-corrected chi connectivity index (χ0v) is 22.4. The van der Waals surface area contributed by atoms with E-state index in [1.54, 1.807) is 12.4 Å². The van der Waals surface area contributed by atoms with Crippen LogP contribution in [0, 0.1) is 11.8 Å². The van der Waals surface area contributed by atoms with Crippen LogP contribution < -0.4 is 0 Å². The molecule has 0 fully saturated rings. The number of nitrogens with zero attached hydrogens (tertiary/aromatic N) is 2. The molecule has 34 heavy (non-hydrogen) atoms. The van der Waals surface area contributed by atoms with Crippen LogP contribution in [0.25, 0.3) is 0 Å². The third-order valence-electron chi connectivity index (χ3n) is 5.81. The van der Waals surface area contributed by atoms with Crippen LogP contribution in [-0.2, 0) is 12.8 Å². The van der Waals surface area contributed by atoms with Gasteiger partial charge in [0, 0.05) is 23.6 Å². The van der Waals surface area contributed by atoms with Gasteiger partial charge in [-0.25, -0.2) is 0 Å². The number of hydrogen-bond donors (Lipinski definition) is 2. The molecule has 0 aliphatic rings. The molecule has 0 heterocycles. The molecule has 4 nitrogen and oxygen atoms in total. The predicted octanol–water partition coefficient (Wildman–Crippen LogP) is 7.28. The topological polar surface area (TPSA) is 65.2 Å². The van der Waals surface area contributed by atoms with Crippen molar-refractivity contribution in [2.45, 2.75) is 80.1 Å². The average molecular weight is 465 g/mol. The minimum Gasteiger partial charge on any atom is -0.507 e. The van der Waals surface area contributed by atoms with E-state index >= 15 is 0 Å². The van der Waals surface area contributed by atoms with Gasteiger partial charge in [-0.15, -0.1) is 0 Å². The first-order valence-electron chi connectivity index (χ1n) is 12.7. The Morgan fingerprint density at radius 1 is 0.618 bits per heavy atom. The maximum Gasteiger partial charge on any atom is 0.127 e. The normalized spacial score (nSPS) is 12.5. The summed E-state index contributed by atoms with van der Waals surface area (Å²) in [7, 11) is 0. The molecule has 4 heteroatoms. The van der Waals surface area contributed by atoms with Crippen LogP contribution in [0.15, 0.2) is 34.3 Å².